The Hall–Kier alpha value is -2.12. The molecule has 2 aliphatic rings. The van der Waals surface area contributed by atoms with E-state index in [0.29, 0.717) is 11.5 Å². The van der Waals surface area contributed by atoms with E-state index in [2.05, 4.69) is 35.8 Å². The predicted octanol–water partition coefficient (Wildman–Crippen LogP) is 3.09. The number of hydrogen-bond donors (Lipinski definition) is 2. The molecule has 0 radical (unpaired) electrons. The summed E-state index contributed by atoms with van der Waals surface area (Å²) in [4.78, 5) is 4.63. The van der Waals surface area contributed by atoms with E-state index in [1.54, 1.807) is 0 Å². The average molecular weight is 427 g/mol. The van der Waals surface area contributed by atoms with E-state index in [1.165, 1.54) is 0 Å². The highest BCUT2D eigenvalue weighted by atomic mass is 16.5. The number of benzene rings is 2. The Labute approximate surface area is 185 Å². The molecule has 2 aliphatic heterocycles. The molecular formula is C25H34N2O4. The summed E-state index contributed by atoms with van der Waals surface area (Å²) in [5.74, 6) is 0.675. The van der Waals surface area contributed by atoms with Gasteiger partial charge in [0.15, 0.2) is 0 Å². The van der Waals surface area contributed by atoms with Crippen LogP contribution in [0.4, 0.5) is 0 Å². The van der Waals surface area contributed by atoms with Crippen molar-refractivity contribution in [1.82, 2.24) is 9.80 Å². The number of aromatic hydroxyl groups is 2. The first-order chi connectivity index (χ1) is 14.9. The van der Waals surface area contributed by atoms with Crippen LogP contribution in [-0.4, -0.2) is 72.6 Å². The zero-order valence-electron chi connectivity index (χ0n) is 18.6. The van der Waals surface area contributed by atoms with E-state index in [0.717, 1.165) is 87.9 Å². The van der Waals surface area contributed by atoms with Crippen LogP contribution in [0.2, 0.25) is 0 Å². The number of phenolic OH excluding ortho intramolecular Hbond substituents is 2. The van der Waals surface area contributed by atoms with Crippen molar-refractivity contribution in [2.45, 2.75) is 32.4 Å². The standard InChI is InChI=1S/C25H34N2O4/c1-25(2,21-3-5-23(28)19(15-21)17-26-7-11-30-12-8-26)22-4-6-24(29)20(16-22)18-27-9-13-31-14-10-27/h3-6,15-16,28-29H,7-14,17-18H2,1-2H3. The van der Waals surface area contributed by atoms with Gasteiger partial charge in [-0.15, -0.1) is 0 Å². The van der Waals surface area contributed by atoms with E-state index in [9.17, 15) is 10.2 Å². The summed E-state index contributed by atoms with van der Waals surface area (Å²) in [5.41, 5.74) is 3.92. The van der Waals surface area contributed by atoms with Crippen LogP contribution in [0.5, 0.6) is 11.5 Å². The van der Waals surface area contributed by atoms with E-state index < -0.39 is 0 Å². The summed E-state index contributed by atoms with van der Waals surface area (Å²) in [7, 11) is 0. The average Bonchev–Trinajstić information content (AvgIpc) is 2.78. The molecular weight excluding hydrogens is 392 g/mol. The smallest absolute Gasteiger partial charge is 0.120 e. The van der Waals surface area contributed by atoms with Gasteiger partial charge in [0.1, 0.15) is 11.5 Å². The number of hydrogen-bond acceptors (Lipinski definition) is 6. The third kappa shape index (κ3) is 5.21. The van der Waals surface area contributed by atoms with Gasteiger partial charge in [0.2, 0.25) is 0 Å². The molecule has 168 valence electrons. The van der Waals surface area contributed by atoms with Crippen LogP contribution in [0.25, 0.3) is 0 Å². The molecule has 2 fully saturated rings. The van der Waals surface area contributed by atoms with Gasteiger partial charge < -0.3 is 19.7 Å². The van der Waals surface area contributed by atoms with Crippen molar-refractivity contribution in [2.24, 2.45) is 0 Å². The van der Waals surface area contributed by atoms with Crippen LogP contribution in [-0.2, 0) is 28.0 Å². The van der Waals surface area contributed by atoms with Crippen molar-refractivity contribution in [3.63, 3.8) is 0 Å². The van der Waals surface area contributed by atoms with E-state index in [1.807, 2.05) is 24.3 Å². The molecule has 2 aromatic carbocycles. The minimum atomic E-state index is -0.263. The number of phenols is 2. The van der Waals surface area contributed by atoms with Crippen LogP contribution >= 0.6 is 0 Å². The molecule has 2 aromatic rings. The van der Waals surface area contributed by atoms with E-state index in [4.69, 9.17) is 9.47 Å². The molecule has 6 nitrogen and oxygen atoms in total. The summed E-state index contributed by atoms with van der Waals surface area (Å²) in [6.45, 7) is 12.3. The Morgan fingerprint density at radius 2 is 1.10 bits per heavy atom. The molecule has 6 heteroatoms. The fourth-order valence-electron chi connectivity index (χ4n) is 4.37. The van der Waals surface area contributed by atoms with Crippen molar-refractivity contribution in [1.29, 1.82) is 0 Å². The maximum absolute atomic E-state index is 10.5. The van der Waals surface area contributed by atoms with Gasteiger partial charge in [0.25, 0.3) is 0 Å². The Morgan fingerprint density at radius 1 is 0.710 bits per heavy atom. The van der Waals surface area contributed by atoms with Crippen LogP contribution in [0.15, 0.2) is 36.4 Å². The topological polar surface area (TPSA) is 65.4 Å². The van der Waals surface area contributed by atoms with Crippen molar-refractivity contribution >= 4 is 0 Å². The first-order valence-corrected chi connectivity index (χ1v) is 11.2. The third-order valence-electron chi connectivity index (χ3n) is 6.60. The van der Waals surface area contributed by atoms with Gasteiger partial charge >= 0.3 is 0 Å². The molecule has 0 saturated carbocycles. The monoisotopic (exact) mass is 426 g/mol. The maximum Gasteiger partial charge on any atom is 0.120 e. The quantitative estimate of drug-likeness (QED) is 0.740. The molecule has 0 bridgehead atoms. The fraction of sp³-hybridized carbons (Fsp3) is 0.520. The van der Waals surface area contributed by atoms with Crippen molar-refractivity contribution in [3.05, 3.63) is 58.7 Å². The lowest BCUT2D eigenvalue weighted by atomic mass is 9.77. The first-order valence-electron chi connectivity index (χ1n) is 11.2. The molecule has 0 atom stereocenters. The van der Waals surface area contributed by atoms with E-state index in [-0.39, 0.29) is 5.41 Å². The second kappa shape index (κ2) is 9.57. The lowest BCUT2D eigenvalue weighted by Crippen LogP contribution is -2.35. The molecule has 0 aliphatic carbocycles. The minimum Gasteiger partial charge on any atom is -0.508 e. The van der Waals surface area contributed by atoms with Crippen LogP contribution in [0.1, 0.15) is 36.1 Å². The SMILES string of the molecule is CC(C)(c1ccc(O)c(CN2CCOCC2)c1)c1ccc(O)c(CN2CCOCC2)c1. The highest BCUT2D eigenvalue weighted by Gasteiger charge is 2.26. The second-order valence-corrected chi connectivity index (χ2v) is 9.09. The molecule has 0 unspecified atom stereocenters. The molecule has 31 heavy (non-hydrogen) atoms. The number of nitrogens with zero attached hydrogens (tertiary/aromatic N) is 2. The van der Waals surface area contributed by atoms with Gasteiger partial charge in [-0.25, -0.2) is 0 Å². The number of morpholine rings is 2. The molecule has 0 aromatic heterocycles. The molecule has 2 N–H and O–H groups in total. The van der Waals surface area contributed by atoms with Crippen LogP contribution in [0.3, 0.4) is 0 Å². The summed E-state index contributed by atoms with van der Waals surface area (Å²) in [6, 6.07) is 11.9. The Morgan fingerprint density at radius 3 is 1.48 bits per heavy atom. The molecule has 4 rings (SSSR count). The third-order valence-corrected chi connectivity index (χ3v) is 6.60. The van der Waals surface area contributed by atoms with Gasteiger partial charge in [0.05, 0.1) is 26.4 Å². The Balaban J connectivity index is 1.57. The highest BCUT2D eigenvalue weighted by molar-refractivity contribution is 5.47. The number of ether oxygens (including phenoxy) is 2. The summed E-state index contributed by atoms with van der Waals surface area (Å²) in [5, 5.41) is 20.9. The Bertz CT molecular complexity index is 816. The maximum atomic E-state index is 10.5. The largest absolute Gasteiger partial charge is 0.508 e. The van der Waals surface area contributed by atoms with Gasteiger partial charge in [-0.2, -0.15) is 0 Å². The number of rotatable bonds is 6. The van der Waals surface area contributed by atoms with Gasteiger partial charge in [-0.1, -0.05) is 26.0 Å². The van der Waals surface area contributed by atoms with Gasteiger partial charge in [-0.3, -0.25) is 9.80 Å². The lowest BCUT2D eigenvalue weighted by Gasteiger charge is -2.30. The first kappa shape index (κ1) is 22.1. The van der Waals surface area contributed by atoms with Crippen LogP contribution < -0.4 is 0 Å². The fourth-order valence-corrected chi connectivity index (χ4v) is 4.37. The predicted molar refractivity (Wildman–Crippen MR) is 121 cm³/mol. The Kier molecular flexibility index (Phi) is 6.82. The summed E-state index contributed by atoms with van der Waals surface area (Å²) < 4.78 is 10.9. The van der Waals surface area contributed by atoms with Gasteiger partial charge in [0, 0.05) is 55.8 Å². The van der Waals surface area contributed by atoms with Crippen molar-refractivity contribution in [2.75, 3.05) is 52.6 Å². The van der Waals surface area contributed by atoms with Crippen molar-refractivity contribution < 1.29 is 19.7 Å². The molecule has 2 heterocycles. The van der Waals surface area contributed by atoms with Gasteiger partial charge in [-0.05, 0) is 35.4 Å². The lowest BCUT2D eigenvalue weighted by molar-refractivity contribution is 0.0338. The summed E-state index contributed by atoms with van der Waals surface area (Å²) >= 11 is 0. The minimum absolute atomic E-state index is 0.263. The van der Waals surface area contributed by atoms with Crippen LogP contribution in [0, 0.1) is 0 Å². The molecule has 0 amide bonds. The summed E-state index contributed by atoms with van der Waals surface area (Å²) in [6.07, 6.45) is 0. The molecule has 2 saturated heterocycles. The zero-order chi connectivity index (χ0) is 21.8. The normalized spacial score (nSPS) is 18.9. The zero-order valence-corrected chi connectivity index (χ0v) is 18.6. The van der Waals surface area contributed by atoms with Crippen molar-refractivity contribution in [3.8, 4) is 11.5 Å². The molecule has 0 spiro atoms. The van der Waals surface area contributed by atoms with E-state index >= 15 is 0 Å². The highest BCUT2D eigenvalue weighted by Crippen LogP contribution is 2.36. The second-order valence-electron chi connectivity index (χ2n) is 9.09.